The lowest BCUT2D eigenvalue weighted by atomic mass is 10.1. The summed E-state index contributed by atoms with van der Waals surface area (Å²) < 4.78 is 24.3. The van der Waals surface area contributed by atoms with E-state index in [1.807, 2.05) is 24.3 Å². The summed E-state index contributed by atoms with van der Waals surface area (Å²) in [5, 5.41) is 9.39. The standard InChI is InChI=1S/C17H19FO3/c1-12(19)14-5-8-17(16(18)11-14)21-10-9-13-3-6-15(20-2)7-4-13/h3-8,11-12,19H,9-10H2,1-2H3/t12-/m1/s1. The summed E-state index contributed by atoms with van der Waals surface area (Å²) in [5.41, 5.74) is 1.63. The summed E-state index contributed by atoms with van der Waals surface area (Å²) in [5.74, 6) is 0.551. The number of rotatable bonds is 6. The molecular weight excluding hydrogens is 271 g/mol. The maximum Gasteiger partial charge on any atom is 0.165 e. The number of ether oxygens (including phenoxy) is 2. The van der Waals surface area contributed by atoms with Gasteiger partial charge < -0.3 is 14.6 Å². The van der Waals surface area contributed by atoms with Crippen molar-refractivity contribution in [2.24, 2.45) is 0 Å². The van der Waals surface area contributed by atoms with Gasteiger partial charge in [-0.1, -0.05) is 18.2 Å². The zero-order chi connectivity index (χ0) is 15.2. The van der Waals surface area contributed by atoms with E-state index < -0.39 is 11.9 Å². The fourth-order valence-electron chi connectivity index (χ4n) is 1.97. The summed E-state index contributed by atoms with van der Waals surface area (Å²) in [6, 6.07) is 12.2. The minimum Gasteiger partial charge on any atom is -0.497 e. The van der Waals surface area contributed by atoms with Gasteiger partial charge in [-0.05, 0) is 42.3 Å². The molecule has 0 aliphatic rings. The zero-order valence-electron chi connectivity index (χ0n) is 12.2. The molecule has 21 heavy (non-hydrogen) atoms. The Morgan fingerprint density at radius 3 is 2.43 bits per heavy atom. The predicted octanol–water partition coefficient (Wildman–Crippen LogP) is 3.51. The van der Waals surface area contributed by atoms with Gasteiger partial charge in [-0.15, -0.1) is 0 Å². The van der Waals surface area contributed by atoms with Gasteiger partial charge in [0.05, 0.1) is 19.8 Å². The van der Waals surface area contributed by atoms with Gasteiger partial charge in [-0.2, -0.15) is 0 Å². The van der Waals surface area contributed by atoms with Crippen LogP contribution in [0.1, 0.15) is 24.2 Å². The van der Waals surface area contributed by atoms with Crippen LogP contribution in [-0.4, -0.2) is 18.8 Å². The number of methoxy groups -OCH3 is 1. The molecule has 0 saturated carbocycles. The maximum absolute atomic E-state index is 13.8. The molecule has 0 aliphatic carbocycles. The quantitative estimate of drug-likeness (QED) is 0.885. The highest BCUT2D eigenvalue weighted by molar-refractivity contribution is 5.31. The molecule has 0 aromatic heterocycles. The lowest BCUT2D eigenvalue weighted by Crippen LogP contribution is -2.03. The molecule has 112 valence electrons. The van der Waals surface area contributed by atoms with Crippen molar-refractivity contribution < 1.29 is 19.0 Å². The molecule has 1 atom stereocenters. The maximum atomic E-state index is 13.8. The molecule has 0 saturated heterocycles. The molecule has 0 radical (unpaired) electrons. The minimum atomic E-state index is -0.687. The first-order chi connectivity index (χ1) is 10.1. The molecule has 2 aromatic carbocycles. The normalized spacial score (nSPS) is 12.0. The highest BCUT2D eigenvalue weighted by Crippen LogP contribution is 2.22. The number of hydrogen-bond donors (Lipinski definition) is 1. The summed E-state index contributed by atoms with van der Waals surface area (Å²) in [7, 11) is 1.62. The molecule has 0 fully saturated rings. The number of aliphatic hydroxyl groups is 1. The fraction of sp³-hybridized carbons (Fsp3) is 0.294. The minimum absolute atomic E-state index is 0.202. The van der Waals surface area contributed by atoms with Gasteiger partial charge in [0.1, 0.15) is 5.75 Å². The third-order valence-corrected chi connectivity index (χ3v) is 3.25. The van der Waals surface area contributed by atoms with Crippen LogP contribution in [0.2, 0.25) is 0 Å². The SMILES string of the molecule is COc1ccc(CCOc2ccc([C@@H](C)O)cc2F)cc1. The van der Waals surface area contributed by atoms with Crippen LogP contribution in [0.4, 0.5) is 4.39 Å². The molecule has 0 spiro atoms. The number of benzene rings is 2. The van der Waals surface area contributed by atoms with E-state index >= 15 is 0 Å². The Kier molecular flexibility index (Phi) is 5.17. The van der Waals surface area contributed by atoms with Gasteiger partial charge in [0.25, 0.3) is 0 Å². The number of halogens is 1. The Bertz CT molecular complexity index is 579. The van der Waals surface area contributed by atoms with Crippen molar-refractivity contribution in [3.63, 3.8) is 0 Å². The summed E-state index contributed by atoms with van der Waals surface area (Å²) in [6.07, 6.45) is -0.00505. The van der Waals surface area contributed by atoms with E-state index in [1.54, 1.807) is 26.2 Å². The molecule has 0 aliphatic heterocycles. The average Bonchev–Trinajstić information content (AvgIpc) is 2.49. The van der Waals surface area contributed by atoms with E-state index in [1.165, 1.54) is 6.07 Å². The number of aliphatic hydroxyl groups excluding tert-OH is 1. The zero-order valence-corrected chi connectivity index (χ0v) is 12.2. The van der Waals surface area contributed by atoms with E-state index in [0.717, 1.165) is 11.3 Å². The Balaban J connectivity index is 1.90. The molecule has 0 amide bonds. The van der Waals surface area contributed by atoms with Crippen LogP contribution in [0.3, 0.4) is 0 Å². The monoisotopic (exact) mass is 290 g/mol. The Labute approximate surface area is 124 Å². The smallest absolute Gasteiger partial charge is 0.165 e. The van der Waals surface area contributed by atoms with Crippen LogP contribution in [0.25, 0.3) is 0 Å². The fourth-order valence-corrected chi connectivity index (χ4v) is 1.97. The van der Waals surface area contributed by atoms with Crippen molar-refractivity contribution in [1.29, 1.82) is 0 Å². The third kappa shape index (κ3) is 4.20. The highest BCUT2D eigenvalue weighted by atomic mass is 19.1. The second kappa shape index (κ2) is 7.09. The van der Waals surface area contributed by atoms with E-state index in [4.69, 9.17) is 9.47 Å². The van der Waals surface area contributed by atoms with Crippen molar-refractivity contribution in [2.45, 2.75) is 19.4 Å². The van der Waals surface area contributed by atoms with E-state index in [9.17, 15) is 9.50 Å². The highest BCUT2D eigenvalue weighted by Gasteiger charge is 2.08. The summed E-state index contributed by atoms with van der Waals surface area (Å²) in [4.78, 5) is 0. The molecule has 1 N–H and O–H groups in total. The molecule has 0 unspecified atom stereocenters. The topological polar surface area (TPSA) is 38.7 Å². The first-order valence-corrected chi connectivity index (χ1v) is 6.83. The second-order valence-corrected chi connectivity index (χ2v) is 4.81. The van der Waals surface area contributed by atoms with Crippen LogP contribution < -0.4 is 9.47 Å². The van der Waals surface area contributed by atoms with Gasteiger partial charge in [0, 0.05) is 6.42 Å². The van der Waals surface area contributed by atoms with Crippen molar-refractivity contribution in [3.05, 3.63) is 59.4 Å². The molecule has 4 heteroatoms. The first-order valence-electron chi connectivity index (χ1n) is 6.83. The second-order valence-electron chi connectivity index (χ2n) is 4.81. The lowest BCUT2D eigenvalue weighted by molar-refractivity contribution is 0.198. The Morgan fingerprint density at radius 1 is 1.14 bits per heavy atom. The van der Waals surface area contributed by atoms with Crippen LogP contribution >= 0.6 is 0 Å². The van der Waals surface area contributed by atoms with E-state index in [2.05, 4.69) is 0 Å². The van der Waals surface area contributed by atoms with Gasteiger partial charge in [0.2, 0.25) is 0 Å². The van der Waals surface area contributed by atoms with Gasteiger partial charge in [-0.25, -0.2) is 4.39 Å². The molecule has 0 heterocycles. The molecular formula is C17H19FO3. The van der Waals surface area contributed by atoms with Crippen molar-refractivity contribution >= 4 is 0 Å². The average molecular weight is 290 g/mol. The van der Waals surface area contributed by atoms with Crippen molar-refractivity contribution in [1.82, 2.24) is 0 Å². The third-order valence-electron chi connectivity index (χ3n) is 3.25. The van der Waals surface area contributed by atoms with Crippen LogP contribution in [0.5, 0.6) is 11.5 Å². The summed E-state index contributed by atoms with van der Waals surface area (Å²) in [6.45, 7) is 1.98. The van der Waals surface area contributed by atoms with Crippen LogP contribution in [0.15, 0.2) is 42.5 Å². The lowest BCUT2D eigenvalue weighted by Gasteiger charge is -2.10. The van der Waals surface area contributed by atoms with Crippen molar-refractivity contribution in [2.75, 3.05) is 13.7 Å². The van der Waals surface area contributed by atoms with E-state index in [-0.39, 0.29) is 5.75 Å². The molecule has 2 aromatic rings. The van der Waals surface area contributed by atoms with Crippen molar-refractivity contribution in [3.8, 4) is 11.5 Å². The summed E-state index contributed by atoms with van der Waals surface area (Å²) >= 11 is 0. The van der Waals surface area contributed by atoms with E-state index in [0.29, 0.717) is 18.6 Å². The van der Waals surface area contributed by atoms with Gasteiger partial charge in [0.15, 0.2) is 11.6 Å². The Morgan fingerprint density at radius 2 is 1.86 bits per heavy atom. The largest absolute Gasteiger partial charge is 0.497 e. The van der Waals surface area contributed by atoms with Crippen LogP contribution in [-0.2, 0) is 6.42 Å². The number of hydrogen-bond acceptors (Lipinski definition) is 3. The Hall–Kier alpha value is -2.07. The first kappa shape index (κ1) is 15.3. The predicted molar refractivity (Wildman–Crippen MR) is 79.2 cm³/mol. The van der Waals surface area contributed by atoms with Gasteiger partial charge >= 0.3 is 0 Å². The van der Waals surface area contributed by atoms with Crippen LogP contribution in [0, 0.1) is 5.82 Å². The van der Waals surface area contributed by atoms with Gasteiger partial charge in [-0.3, -0.25) is 0 Å². The molecule has 3 nitrogen and oxygen atoms in total. The molecule has 0 bridgehead atoms. The molecule has 2 rings (SSSR count).